The predicted octanol–water partition coefficient (Wildman–Crippen LogP) is 1.83. The summed E-state index contributed by atoms with van der Waals surface area (Å²) < 4.78 is 5.23. The third kappa shape index (κ3) is 1.62. The van der Waals surface area contributed by atoms with Crippen LogP contribution in [0.2, 0.25) is 0 Å². The maximum atomic E-state index is 5.65. The number of hydrogen-bond donors (Lipinski definition) is 1. The lowest BCUT2D eigenvalue weighted by Crippen LogP contribution is -2.08. The van der Waals surface area contributed by atoms with Crippen LogP contribution in [0.3, 0.4) is 0 Å². The van der Waals surface area contributed by atoms with E-state index in [-0.39, 0.29) is 0 Å². The third-order valence-corrected chi connectivity index (χ3v) is 3.12. The molecule has 2 N–H and O–H groups in total. The molecule has 1 heterocycles. The Hall–Kier alpha value is -2.10. The summed E-state index contributed by atoms with van der Waals surface area (Å²) in [6, 6.07) is 7.97. The lowest BCUT2D eigenvalue weighted by Gasteiger charge is -2.18. The minimum absolute atomic E-state index is 0.487. The highest BCUT2D eigenvalue weighted by molar-refractivity contribution is 5.70. The zero-order chi connectivity index (χ0) is 11.8. The average molecular weight is 227 g/mol. The Bertz CT molecular complexity index is 581. The minimum atomic E-state index is 0.487. The van der Waals surface area contributed by atoms with Crippen LogP contribution < -0.4 is 10.5 Å². The van der Waals surface area contributed by atoms with Crippen LogP contribution in [0.25, 0.3) is 11.3 Å². The van der Waals surface area contributed by atoms with Gasteiger partial charge in [-0.05, 0) is 48.2 Å². The molecule has 17 heavy (non-hydrogen) atoms. The normalized spacial score (nSPS) is 12.8. The molecule has 0 fully saturated rings. The van der Waals surface area contributed by atoms with Gasteiger partial charge < -0.3 is 10.5 Å². The molecule has 0 atom stereocenters. The first kappa shape index (κ1) is 10.1. The molecule has 0 saturated heterocycles. The largest absolute Gasteiger partial charge is 0.497 e. The maximum absolute atomic E-state index is 5.65. The minimum Gasteiger partial charge on any atom is -0.497 e. The van der Waals surface area contributed by atoms with Gasteiger partial charge in [-0.2, -0.15) is 0 Å². The molecule has 4 nitrogen and oxygen atoms in total. The van der Waals surface area contributed by atoms with Crippen molar-refractivity contribution >= 4 is 5.82 Å². The van der Waals surface area contributed by atoms with Gasteiger partial charge in [-0.1, -0.05) is 0 Å². The number of ether oxygens (including phenoxy) is 1. The van der Waals surface area contributed by atoms with Crippen LogP contribution in [0.5, 0.6) is 5.75 Å². The predicted molar refractivity (Wildman–Crippen MR) is 65.8 cm³/mol. The van der Waals surface area contributed by atoms with Crippen LogP contribution in [0, 0.1) is 0 Å². The van der Waals surface area contributed by atoms with E-state index in [1.165, 1.54) is 11.1 Å². The van der Waals surface area contributed by atoms with Gasteiger partial charge in [0.25, 0.3) is 0 Å². The fraction of sp³-hybridized carbons (Fsp3) is 0.231. The molecule has 3 rings (SSSR count). The quantitative estimate of drug-likeness (QED) is 0.807. The van der Waals surface area contributed by atoms with Crippen LogP contribution in [-0.4, -0.2) is 17.3 Å². The van der Waals surface area contributed by atoms with Crippen molar-refractivity contribution in [1.82, 2.24) is 10.2 Å². The molecular formula is C13H13N3O. The van der Waals surface area contributed by atoms with Gasteiger partial charge in [0, 0.05) is 5.56 Å². The molecular weight excluding hydrogens is 214 g/mol. The Kier molecular flexibility index (Phi) is 2.21. The van der Waals surface area contributed by atoms with Crippen molar-refractivity contribution in [2.75, 3.05) is 12.8 Å². The first-order valence-corrected chi connectivity index (χ1v) is 5.57. The van der Waals surface area contributed by atoms with Crippen LogP contribution in [-0.2, 0) is 12.8 Å². The fourth-order valence-corrected chi connectivity index (χ4v) is 2.27. The Morgan fingerprint density at radius 3 is 2.76 bits per heavy atom. The van der Waals surface area contributed by atoms with Crippen LogP contribution in [0.15, 0.2) is 24.3 Å². The zero-order valence-corrected chi connectivity index (χ0v) is 9.60. The molecule has 86 valence electrons. The van der Waals surface area contributed by atoms with Crippen molar-refractivity contribution < 1.29 is 4.74 Å². The van der Waals surface area contributed by atoms with Gasteiger partial charge in [0.1, 0.15) is 11.6 Å². The van der Waals surface area contributed by atoms with E-state index in [0.29, 0.717) is 5.82 Å². The number of aromatic nitrogens is 2. The number of aryl methyl sites for hydroxylation is 2. The van der Waals surface area contributed by atoms with Gasteiger partial charge in [0.2, 0.25) is 0 Å². The second-order valence-corrected chi connectivity index (χ2v) is 4.17. The number of hydrogen-bond acceptors (Lipinski definition) is 4. The lowest BCUT2D eigenvalue weighted by atomic mass is 9.89. The summed E-state index contributed by atoms with van der Waals surface area (Å²) in [5.74, 6) is 1.37. The van der Waals surface area contributed by atoms with E-state index < -0.39 is 0 Å². The summed E-state index contributed by atoms with van der Waals surface area (Å²) in [5, 5.41) is 8.13. The van der Waals surface area contributed by atoms with Gasteiger partial charge in [-0.15, -0.1) is 10.2 Å². The number of nitrogen functional groups attached to an aromatic ring is 1. The summed E-state index contributed by atoms with van der Waals surface area (Å²) in [5.41, 5.74) is 10.2. The van der Waals surface area contributed by atoms with Crippen molar-refractivity contribution in [2.24, 2.45) is 0 Å². The molecule has 0 bridgehead atoms. The molecule has 1 aromatic heterocycles. The average Bonchev–Trinajstić information content (AvgIpc) is 2.37. The summed E-state index contributed by atoms with van der Waals surface area (Å²) in [6.45, 7) is 0. The summed E-state index contributed by atoms with van der Waals surface area (Å²) in [6.07, 6.45) is 1.94. The van der Waals surface area contributed by atoms with Gasteiger partial charge in [-0.3, -0.25) is 0 Å². The number of fused-ring (bicyclic) bond motifs is 3. The second kappa shape index (κ2) is 3.73. The van der Waals surface area contributed by atoms with Gasteiger partial charge in [-0.25, -0.2) is 0 Å². The molecule has 2 aromatic rings. The highest BCUT2D eigenvalue weighted by Crippen LogP contribution is 2.33. The highest BCUT2D eigenvalue weighted by Gasteiger charge is 2.18. The Morgan fingerprint density at radius 2 is 1.94 bits per heavy atom. The van der Waals surface area contributed by atoms with Crippen molar-refractivity contribution in [3.63, 3.8) is 0 Å². The molecule has 1 aromatic carbocycles. The molecule has 4 heteroatoms. The first-order chi connectivity index (χ1) is 8.28. The fourth-order valence-electron chi connectivity index (χ4n) is 2.27. The molecule has 0 aliphatic heterocycles. The van der Waals surface area contributed by atoms with E-state index in [4.69, 9.17) is 10.5 Å². The van der Waals surface area contributed by atoms with Crippen molar-refractivity contribution in [3.8, 4) is 17.0 Å². The van der Waals surface area contributed by atoms with E-state index in [2.05, 4.69) is 16.3 Å². The summed E-state index contributed by atoms with van der Waals surface area (Å²) >= 11 is 0. The smallest absolute Gasteiger partial charge is 0.146 e. The molecule has 0 saturated carbocycles. The number of rotatable bonds is 1. The lowest BCUT2D eigenvalue weighted by molar-refractivity contribution is 0.414. The van der Waals surface area contributed by atoms with Gasteiger partial charge >= 0.3 is 0 Å². The number of methoxy groups -OCH3 is 1. The topological polar surface area (TPSA) is 61.0 Å². The third-order valence-electron chi connectivity index (χ3n) is 3.12. The molecule has 1 aliphatic rings. The summed E-state index contributed by atoms with van der Waals surface area (Å²) in [4.78, 5) is 0. The second-order valence-electron chi connectivity index (χ2n) is 4.17. The Morgan fingerprint density at radius 1 is 1.12 bits per heavy atom. The number of nitrogens with zero attached hydrogens (tertiary/aromatic N) is 2. The maximum Gasteiger partial charge on any atom is 0.146 e. The van der Waals surface area contributed by atoms with Crippen LogP contribution >= 0.6 is 0 Å². The SMILES string of the molecule is COc1ccc2c(c1)CCc1cc(N)nnc1-2. The van der Waals surface area contributed by atoms with E-state index in [0.717, 1.165) is 29.8 Å². The highest BCUT2D eigenvalue weighted by atomic mass is 16.5. The first-order valence-electron chi connectivity index (χ1n) is 5.57. The monoisotopic (exact) mass is 227 g/mol. The van der Waals surface area contributed by atoms with E-state index in [1.54, 1.807) is 7.11 Å². The van der Waals surface area contributed by atoms with E-state index in [9.17, 15) is 0 Å². The molecule has 0 radical (unpaired) electrons. The number of anilines is 1. The zero-order valence-electron chi connectivity index (χ0n) is 9.60. The number of benzene rings is 1. The van der Waals surface area contributed by atoms with Crippen LogP contribution in [0.4, 0.5) is 5.82 Å². The molecule has 0 spiro atoms. The van der Waals surface area contributed by atoms with E-state index in [1.807, 2.05) is 18.2 Å². The van der Waals surface area contributed by atoms with Gasteiger partial charge in [0.15, 0.2) is 0 Å². The molecule has 0 unspecified atom stereocenters. The van der Waals surface area contributed by atoms with Crippen LogP contribution in [0.1, 0.15) is 11.1 Å². The Labute approximate surface area is 99.4 Å². The van der Waals surface area contributed by atoms with Crippen molar-refractivity contribution in [3.05, 3.63) is 35.4 Å². The molecule has 1 aliphatic carbocycles. The molecule has 0 amide bonds. The van der Waals surface area contributed by atoms with E-state index >= 15 is 0 Å². The standard InChI is InChI=1S/C13H13N3O/c1-17-10-4-5-11-8(6-10)2-3-9-7-12(14)15-16-13(9)11/h4-7H,2-3H2,1H3,(H2,14,15). The van der Waals surface area contributed by atoms with Crippen molar-refractivity contribution in [2.45, 2.75) is 12.8 Å². The van der Waals surface area contributed by atoms with Crippen molar-refractivity contribution in [1.29, 1.82) is 0 Å². The number of nitrogens with two attached hydrogens (primary N) is 1. The Balaban J connectivity index is 2.16. The van der Waals surface area contributed by atoms with Gasteiger partial charge in [0.05, 0.1) is 12.8 Å². The summed E-state index contributed by atoms with van der Waals surface area (Å²) in [7, 11) is 1.68.